The van der Waals surface area contributed by atoms with Crippen LogP contribution < -0.4 is 0 Å². The summed E-state index contributed by atoms with van der Waals surface area (Å²) in [6, 6.07) is 5.48. The van der Waals surface area contributed by atoms with Crippen LogP contribution in [0.25, 0.3) is 10.9 Å². The molecule has 2 heterocycles. The predicted molar refractivity (Wildman–Crippen MR) is 105 cm³/mol. The molecule has 144 valence electrons. The lowest BCUT2D eigenvalue weighted by molar-refractivity contribution is -0.137. The number of hydrogen-bond donors (Lipinski definition) is 1. The number of ether oxygens (including phenoxy) is 1. The number of carbonyl (C=O) groups excluding carboxylic acids is 2. The van der Waals surface area contributed by atoms with Crippen LogP contribution in [0.3, 0.4) is 0 Å². The highest BCUT2D eigenvalue weighted by atomic mass is 16.5. The zero-order valence-corrected chi connectivity index (χ0v) is 16.2. The number of aryl methyl sites for hydroxylation is 2. The first-order chi connectivity index (χ1) is 13.0. The van der Waals surface area contributed by atoms with Crippen LogP contribution in [0.15, 0.2) is 18.2 Å². The van der Waals surface area contributed by atoms with Crippen molar-refractivity contribution < 1.29 is 14.3 Å². The van der Waals surface area contributed by atoms with Gasteiger partial charge in [0.1, 0.15) is 0 Å². The van der Waals surface area contributed by atoms with Crippen molar-refractivity contribution in [3.8, 4) is 0 Å². The molecule has 27 heavy (non-hydrogen) atoms. The summed E-state index contributed by atoms with van der Waals surface area (Å²) in [6.07, 6.45) is 6.23. The second-order valence-electron chi connectivity index (χ2n) is 8.14. The van der Waals surface area contributed by atoms with E-state index in [0.29, 0.717) is 11.5 Å². The number of amides is 1. The monoisotopic (exact) mass is 368 g/mol. The van der Waals surface area contributed by atoms with E-state index in [1.807, 2.05) is 30.9 Å². The molecule has 2 atom stereocenters. The molecule has 2 aliphatic rings. The molecule has 2 fully saturated rings. The predicted octanol–water partition coefficient (Wildman–Crippen LogP) is 3.98. The van der Waals surface area contributed by atoms with Crippen LogP contribution in [0.2, 0.25) is 0 Å². The number of carbonyl (C=O) groups is 2. The number of piperidine rings is 1. The van der Waals surface area contributed by atoms with E-state index < -0.39 is 5.97 Å². The standard InChI is InChI=1S/C22H28N2O3/c1-14-15(2)23-20-8-7-17(11-19(14)20)22(26)27-13-21(25)24-10-9-16-5-3-4-6-18(16)12-24/h7-8,11,16,18,23H,3-6,9-10,12-13H2,1-2H3/t16-,18+/m1/s1. The Morgan fingerprint density at radius 3 is 2.74 bits per heavy atom. The van der Waals surface area contributed by atoms with Crippen LogP contribution in [0.1, 0.15) is 53.7 Å². The maximum absolute atomic E-state index is 12.5. The van der Waals surface area contributed by atoms with Gasteiger partial charge >= 0.3 is 5.97 Å². The molecule has 0 unspecified atom stereocenters. The smallest absolute Gasteiger partial charge is 0.338 e. The molecule has 1 aromatic heterocycles. The zero-order chi connectivity index (χ0) is 19.0. The van der Waals surface area contributed by atoms with Gasteiger partial charge < -0.3 is 14.6 Å². The van der Waals surface area contributed by atoms with Gasteiger partial charge in [-0.3, -0.25) is 4.79 Å². The van der Waals surface area contributed by atoms with E-state index in [1.54, 1.807) is 6.07 Å². The van der Waals surface area contributed by atoms with Gasteiger partial charge in [-0.15, -0.1) is 0 Å². The summed E-state index contributed by atoms with van der Waals surface area (Å²) < 4.78 is 5.33. The van der Waals surface area contributed by atoms with Crippen molar-refractivity contribution in [2.45, 2.75) is 46.0 Å². The lowest BCUT2D eigenvalue weighted by Crippen LogP contribution is -2.46. The SMILES string of the molecule is Cc1[nH]c2ccc(C(=O)OCC(=O)N3CC[C@H]4CCCC[C@H]4C3)cc2c1C. The Balaban J connectivity index is 1.36. The number of aromatic nitrogens is 1. The Bertz CT molecular complexity index is 870. The minimum absolute atomic E-state index is 0.0675. The van der Waals surface area contributed by atoms with Gasteiger partial charge in [0.05, 0.1) is 5.56 Å². The van der Waals surface area contributed by atoms with Crippen molar-refractivity contribution in [1.29, 1.82) is 0 Å². The van der Waals surface area contributed by atoms with Gasteiger partial charge in [-0.2, -0.15) is 0 Å². The Morgan fingerprint density at radius 1 is 1.15 bits per heavy atom. The first-order valence-electron chi connectivity index (χ1n) is 10.1. The first kappa shape index (κ1) is 18.1. The minimum atomic E-state index is -0.434. The minimum Gasteiger partial charge on any atom is -0.452 e. The lowest BCUT2D eigenvalue weighted by Gasteiger charge is -2.41. The van der Waals surface area contributed by atoms with Gasteiger partial charge in [0.2, 0.25) is 0 Å². The molecule has 1 aliphatic heterocycles. The molecule has 4 rings (SSSR count). The number of benzene rings is 1. The van der Waals surface area contributed by atoms with Gasteiger partial charge in [0.15, 0.2) is 6.61 Å². The van der Waals surface area contributed by atoms with E-state index in [0.717, 1.165) is 47.6 Å². The Labute approximate surface area is 160 Å². The zero-order valence-electron chi connectivity index (χ0n) is 16.2. The fourth-order valence-corrected chi connectivity index (χ4v) is 4.72. The largest absolute Gasteiger partial charge is 0.452 e. The molecule has 1 N–H and O–H groups in total. The van der Waals surface area contributed by atoms with Crippen LogP contribution >= 0.6 is 0 Å². The van der Waals surface area contributed by atoms with Crippen molar-refractivity contribution in [3.63, 3.8) is 0 Å². The molecule has 0 radical (unpaired) electrons. The van der Waals surface area contributed by atoms with Crippen LogP contribution in [0.5, 0.6) is 0 Å². The molecule has 1 amide bonds. The van der Waals surface area contributed by atoms with Crippen LogP contribution in [0, 0.1) is 25.7 Å². The molecule has 1 aliphatic carbocycles. The highest BCUT2D eigenvalue weighted by Gasteiger charge is 2.33. The summed E-state index contributed by atoms with van der Waals surface area (Å²) in [6.45, 7) is 5.50. The summed E-state index contributed by atoms with van der Waals surface area (Å²) in [5, 5.41) is 1.02. The molecule has 2 aromatic rings. The number of nitrogens with zero attached hydrogens (tertiary/aromatic N) is 1. The molecule has 0 spiro atoms. The number of esters is 1. The van der Waals surface area contributed by atoms with E-state index in [9.17, 15) is 9.59 Å². The Hall–Kier alpha value is -2.30. The molecule has 0 bridgehead atoms. The lowest BCUT2D eigenvalue weighted by atomic mass is 9.75. The van der Waals surface area contributed by atoms with E-state index in [-0.39, 0.29) is 12.5 Å². The molecular weight excluding hydrogens is 340 g/mol. The average Bonchev–Trinajstić information content (AvgIpc) is 2.98. The summed E-state index contributed by atoms with van der Waals surface area (Å²) in [7, 11) is 0. The van der Waals surface area contributed by atoms with Gasteiger partial charge in [-0.05, 0) is 62.3 Å². The van der Waals surface area contributed by atoms with Gasteiger partial charge in [-0.25, -0.2) is 4.79 Å². The molecule has 5 heteroatoms. The molecule has 1 aromatic carbocycles. The fourth-order valence-electron chi connectivity index (χ4n) is 4.72. The Morgan fingerprint density at radius 2 is 1.93 bits per heavy atom. The number of aromatic amines is 1. The number of hydrogen-bond acceptors (Lipinski definition) is 3. The number of likely N-dealkylation sites (tertiary alicyclic amines) is 1. The van der Waals surface area contributed by atoms with Gasteiger partial charge in [-0.1, -0.05) is 19.3 Å². The first-order valence-corrected chi connectivity index (χ1v) is 10.1. The van der Waals surface area contributed by atoms with Crippen molar-refractivity contribution >= 4 is 22.8 Å². The van der Waals surface area contributed by atoms with Gasteiger partial charge in [0, 0.05) is 29.7 Å². The van der Waals surface area contributed by atoms with Crippen LogP contribution in [-0.2, 0) is 9.53 Å². The summed E-state index contributed by atoms with van der Waals surface area (Å²) in [4.78, 5) is 30.1. The number of fused-ring (bicyclic) bond motifs is 2. The van der Waals surface area contributed by atoms with E-state index in [2.05, 4.69) is 4.98 Å². The maximum Gasteiger partial charge on any atom is 0.338 e. The van der Waals surface area contributed by atoms with E-state index in [4.69, 9.17) is 4.74 Å². The van der Waals surface area contributed by atoms with E-state index >= 15 is 0 Å². The molecule has 1 saturated carbocycles. The second-order valence-corrected chi connectivity index (χ2v) is 8.14. The van der Waals surface area contributed by atoms with Crippen LogP contribution in [-0.4, -0.2) is 41.5 Å². The quantitative estimate of drug-likeness (QED) is 0.834. The highest BCUT2D eigenvalue weighted by Crippen LogP contribution is 2.36. The second kappa shape index (κ2) is 7.37. The summed E-state index contributed by atoms with van der Waals surface area (Å²) in [5.41, 5.74) is 3.72. The van der Waals surface area contributed by atoms with Crippen LogP contribution in [0.4, 0.5) is 0 Å². The topological polar surface area (TPSA) is 62.4 Å². The fraction of sp³-hybridized carbons (Fsp3) is 0.545. The third-order valence-electron chi connectivity index (χ3n) is 6.51. The third kappa shape index (κ3) is 3.60. The van der Waals surface area contributed by atoms with Crippen molar-refractivity contribution in [1.82, 2.24) is 9.88 Å². The maximum atomic E-state index is 12.5. The van der Waals surface area contributed by atoms with E-state index in [1.165, 1.54) is 25.7 Å². The average molecular weight is 368 g/mol. The highest BCUT2D eigenvalue weighted by molar-refractivity contribution is 5.96. The molecule has 5 nitrogen and oxygen atoms in total. The van der Waals surface area contributed by atoms with Crippen molar-refractivity contribution in [3.05, 3.63) is 35.0 Å². The Kier molecular flexibility index (Phi) is 4.94. The molecule has 1 saturated heterocycles. The normalized spacial score (nSPS) is 22.5. The number of rotatable bonds is 3. The number of H-pyrrole nitrogens is 1. The van der Waals surface area contributed by atoms with Gasteiger partial charge in [0.25, 0.3) is 5.91 Å². The third-order valence-corrected chi connectivity index (χ3v) is 6.51. The van der Waals surface area contributed by atoms with Crippen molar-refractivity contribution in [2.24, 2.45) is 11.8 Å². The van der Waals surface area contributed by atoms with Crippen molar-refractivity contribution in [2.75, 3.05) is 19.7 Å². The summed E-state index contributed by atoms with van der Waals surface area (Å²) >= 11 is 0. The summed E-state index contributed by atoms with van der Waals surface area (Å²) in [5.74, 6) is 0.915. The molecular formula is C22H28N2O3. The number of nitrogens with one attached hydrogen (secondary N) is 1.